The second kappa shape index (κ2) is 40.8. The molecule has 8 heteroatoms. The summed E-state index contributed by atoms with van der Waals surface area (Å²) >= 11 is 0. The van der Waals surface area contributed by atoms with E-state index in [4.69, 9.17) is 14.2 Å². The van der Waals surface area contributed by atoms with Crippen LogP contribution in [0.25, 0.3) is 0 Å². The number of rotatable bonds is 41. The smallest absolute Gasteiger partial charge is 0.306 e. The van der Waals surface area contributed by atoms with Gasteiger partial charge in [-0.05, 0) is 83.5 Å². The molecule has 0 aliphatic rings. The van der Waals surface area contributed by atoms with Gasteiger partial charge in [-0.25, -0.2) is 0 Å². The molecule has 0 saturated heterocycles. The third-order valence-corrected chi connectivity index (χ3v) is 10.1. The molecule has 0 rings (SSSR count). The predicted octanol–water partition coefficient (Wildman–Crippen LogP) is 11.6. The molecular formula is C50H87NO7. The summed E-state index contributed by atoms with van der Waals surface area (Å²) in [5.41, 5.74) is 0. The molecule has 8 nitrogen and oxygen atoms in total. The first-order chi connectivity index (χ1) is 28.1. The highest BCUT2D eigenvalue weighted by Crippen LogP contribution is 2.13. The predicted molar refractivity (Wildman–Crippen MR) is 240 cm³/mol. The maximum atomic E-state index is 12.7. The summed E-state index contributed by atoms with van der Waals surface area (Å²) < 4.78 is 17.1. The molecule has 58 heavy (non-hydrogen) atoms. The normalized spacial score (nSPS) is 13.5. The number of carbonyl (C=O) groups is 3. The fraction of sp³-hybridized carbons (Fsp3) is 0.740. The van der Waals surface area contributed by atoms with Gasteiger partial charge < -0.3 is 28.6 Å². The maximum absolute atomic E-state index is 12.7. The molecule has 2 unspecified atom stereocenters. The van der Waals surface area contributed by atoms with Crippen molar-refractivity contribution < 1.29 is 38.2 Å². The van der Waals surface area contributed by atoms with Gasteiger partial charge in [-0.3, -0.25) is 9.59 Å². The molecule has 0 bridgehead atoms. The Morgan fingerprint density at radius 3 is 1.41 bits per heavy atom. The third-order valence-electron chi connectivity index (χ3n) is 10.1. The van der Waals surface area contributed by atoms with E-state index in [1.165, 1.54) is 64.2 Å². The van der Waals surface area contributed by atoms with Gasteiger partial charge in [-0.2, -0.15) is 0 Å². The highest BCUT2D eigenvalue weighted by atomic mass is 16.6. The molecule has 2 atom stereocenters. The Hall–Kier alpha value is -2.97. The number of carboxylic acids is 1. The average Bonchev–Trinajstić information content (AvgIpc) is 3.18. The first-order valence-corrected chi connectivity index (χ1v) is 23.3. The average molecular weight is 814 g/mol. The van der Waals surface area contributed by atoms with Gasteiger partial charge in [0.15, 0.2) is 6.10 Å². The van der Waals surface area contributed by atoms with Crippen LogP contribution in [0.15, 0.2) is 60.8 Å². The molecule has 0 radical (unpaired) electrons. The highest BCUT2D eigenvalue weighted by molar-refractivity contribution is 5.70. The van der Waals surface area contributed by atoms with Crippen LogP contribution in [0.5, 0.6) is 0 Å². The van der Waals surface area contributed by atoms with Gasteiger partial charge in [0.1, 0.15) is 12.6 Å². The van der Waals surface area contributed by atoms with Crippen molar-refractivity contribution >= 4 is 17.9 Å². The van der Waals surface area contributed by atoms with E-state index in [2.05, 4.69) is 74.6 Å². The summed E-state index contributed by atoms with van der Waals surface area (Å²) in [6.45, 7) is 4.58. The summed E-state index contributed by atoms with van der Waals surface area (Å²) in [6, 6.07) is -0.733. The standard InChI is InChI=1S/C50H87NO7/c1-6-8-10-12-14-16-18-20-21-22-23-24-25-26-27-29-30-32-34-36-38-40-48(52)57-45-46(44-56-43-42-47(50(54)55)51(3,4)5)58-49(53)41-39-37-35-33-31-28-19-17-15-13-11-9-7-2/h14,16,20-21,23-24,26-28,31,46-47H,6-13,15,17-19,22,25,29-30,32-45H2,1-5H3/b16-14+,21-20+,24-23+,27-26+,31-28+. The van der Waals surface area contributed by atoms with E-state index in [0.717, 1.165) is 89.9 Å². The molecule has 0 aromatic carbocycles. The number of ether oxygens (including phenoxy) is 3. The van der Waals surface area contributed by atoms with Crippen LogP contribution in [0.1, 0.15) is 187 Å². The lowest BCUT2D eigenvalue weighted by Gasteiger charge is -2.34. The number of likely N-dealkylation sites (N-methyl/N-ethyl adjacent to an activating group) is 1. The van der Waals surface area contributed by atoms with Crippen molar-refractivity contribution in [3.8, 4) is 0 Å². The second-order valence-electron chi connectivity index (χ2n) is 16.6. The summed E-state index contributed by atoms with van der Waals surface area (Å²) in [5, 5.41) is 11.6. The van der Waals surface area contributed by atoms with Gasteiger partial charge in [-0.15, -0.1) is 0 Å². The van der Waals surface area contributed by atoms with E-state index in [0.29, 0.717) is 12.8 Å². The molecule has 0 saturated carbocycles. The molecule has 334 valence electrons. The van der Waals surface area contributed by atoms with E-state index in [1.807, 2.05) is 0 Å². The van der Waals surface area contributed by atoms with Gasteiger partial charge in [0.2, 0.25) is 0 Å². The molecule has 0 spiro atoms. The maximum Gasteiger partial charge on any atom is 0.306 e. The van der Waals surface area contributed by atoms with Crippen molar-refractivity contribution in [2.45, 2.75) is 199 Å². The van der Waals surface area contributed by atoms with Crippen LogP contribution in [-0.4, -0.2) is 75.5 Å². The fourth-order valence-corrected chi connectivity index (χ4v) is 6.46. The summed E-state index contributed by atoms with van der Waals surface area (Å²) in [7, 11) is 5.39. The van der Waals surface area contributed by atoms with Gasteiger partial charge in [0, 0.05) is 19.3 Å². The van der Waals surface area contributed by atoms with E-state index >= 15 is 0 Å². The van der Waals surface area contributed by atoms with Crippen LogP contribution in [0.3, 0.4) is 0 Å². The minimum atomic E-state index is -1.13. The SMILES string of the molecule is CCCCC/C=C/C/C=C/C/C=C/C/C=C/CCCCCCCC(=O)OCC(COCCC(C(=O)[O-])[N+](C)(C)C)OC(=O)CCCCC/C=C/CCCCCCCC. The molecule has 0 aromatic heterocycles. The zero-order valence-corrected chi connectivity index (χ0v) is 37.9. The molecule has 0 aliphatic heterocycles. The van der Waals surface area contributed by atoms with Crippen molar-refractivity contribution in [2.24, 2.45) is 0 Å². The summed E-state index contributed by atoms with van der Waals surface area (Å²) in [6.07, 6.45) is 49.6. The number of hydrogen-bond donors (Lipinski definition) is 0. The van der Waals surface area contributed by atoms with Crippen LogP contribution in [0.2, 0.25) is 0 Å². The molecular weight excluding hydrogens is 727 g/mol. The first-order valence-electron chi connectivity index (χ1n) is 23.3. The number of quaternary nitrogens is 1. The Bertz CT molecular complexity index is 1130. The largest absolute Gasteiger partial charge is 0.544 e. The molecule has 0 heterocycles. The Labute approximate surface area is 356 Å². The lowest BCUT2D eigenvalue weighted by molar-refractivity contribution is -0.889. The number of esters is 2. The number of carboxylic acid groups (broad SMARTS) is 1. The summed E-state index contributed by atoms with van der Waals surface area (Å²) in [4.78, 5) is 36.9. The molecule has 0 amide bonds. The van der Waals surface area contributed by atoms with Gasteiger partial charge in [0.05, 0.1) is 40.3 Å². The molecule has 0 aliphatic carbocycles. The van der Waals surface area contributed by atoms with Crippen LogP contribution in [0.4, 0.5) is 0 Å². The van der Waals surface area contributed by atoms with E-state index in [-0.39, 0.29) is 42.7 Å². The highest BCUT2D eigenvalue weighted by Gasteiger charge is 2.25. The molecule has 0 N–H and O–H groups in total. The lowest BCUT2D eigenvalue weighted by atomic mass is 10.1. The van der Waals surface area contributed by atoms with Crippen LogP contribution in [0, 0.1) is 0 Å². The monoisotopic (exact) mass is 814 g/mol. The van der Waals surface area contributed by atoms with Crippen LogP contribution in [-0.2, 0) is 28.6 Å². The Morgan fingerprint density at radius 2 is 0.914 bits per heavy atom. The Kier molecular flexibility index (Phi) is 38.7. The van der Waals surface area contributed by atoms with Crippen molar-refractivity contribution in [2.75, 3.05) is 41.0 Å². The Balaban J connectivity index is 4.35. The van der Waals surface area contributed by atoms with Crippen LogP contribution >= 0.6 is 0 Å². The number of nitrogens with zero attached hydrogens (tertiary/aromatic N) is 1. The zero-order chi connectivity index (χ0) is 42.8. The number of aliphatic carboxylic acids is 1. The number of unbranched alkanes of at least 4 members (excludes halogenated alkanes) is 17. The zero-order valence-electron chi connectivity index (χ0n) is 37.9. The molecule has 0 aromatic rings. The van der Waals surface area contributed by atoms with E-state index in [9.17, 15) is 19.5 Å². The number of allylic oxidation sites excluding steroid dienone is 10. The van der Waals surface area contributed by atoms with Crippen molar-refractivity contribution in [3.05, 3.63) is 60.8 Å². The minimum absolute atomic E-state index is 0.0266. The van der Waals surface area contributed by atoms with Crippen molar-refractivity contribution in [1.29, 1.82) is 0 Å². The topological polar surface area (TPSA) is 102 Å². The fourth-order valence-electron chi connectivity index (χ4n) is 6.46. The van der Waals surface area contributed by atoms with Crippen molar-refractivity contribution in [1.82, 2.24) is 0 Å². The Morgan fingerprint density at radius 1 is 0.517 bits per heavy atom. The molecule has 0 fully saturated rings. The van der Waals surface area contributed by atoms with Gasteiger partial charge >= 0.3 is 11.9 Å². The van der Waals surface area contributed by atoms with E-state index in [1.54, 1.807) is 21.1 Å². The van der Waals surface area contributed by atoms with Crippen molar-refractivity contribution in [3.63, 3.8) is 0 Å². The third kappa shape index (κ3) is 38.5. The second-order valence-corrected chi connectivity index (χ2v) is 16.6. The first kappa shape index (κ1) is 55.0. The lowest BCUT2D eigenvalue weighted by Crippen LogP contribution is -2.55. The van der Waals surface area contributed by atoms with Gasteiger partial charge in [-0.1, -0.05) is 145 Å². The minimum Gasteiger partial charge on any atom is -0.544 e. The number of carbonyl (C=O) groups excluding carboxylic acids is 3. The van der Waals surface area contributed by atoms with Gasteiger partial charge in [0.25, 0.3) is 0 Å². The van der Waals surface area contributed by atoms with Crippen LogP contribution < -0.4 is 5.11 Å². The number of hydrogen-bond acceptors (Lipinski definition) is 7. The summed E-state index contributed by atoms with van der Waals surface area (Å²) in [5.74, 6) is -1.78. The quantitative estimate of drug-likeness (QED) is 0.0262. The van der Waals surface area contributed by atoms with E-state index < -0.39 is 18.1 Å².